The number of allylic oxidation sites excluding steroid dienone is 2. The van der Waals surface area contributed by atoms with Crippen LogP contribution < -0.4 is 10.6 Å². The number of amides is 2. The number of hydrogen-bond acceptors (Lipinski definition) is 4. The molecule has 156 valence electrons. The van der Waals surface area contributed by atoms with Gasteiger partial charge in [0.25, 0.3) is 0 Å². The fourth-order valence-corrected chi connectivity index (χ4v) is 2.62. The summed E-state index contributed by atoms with van der Waals surface area (Å²) in [6.45, 7) is 11.0. The predicted octanol–water partition coefficient (Wildman–Crippen LogP) is 3.95. The van der Waals surface area contributed by atoms with E-state index in [0.29, 0.717) is 26.1 Å². The third kappa shape index (κ3) is 11.0. The number of ether oxygens (including phenoxy) is 2. The van der Waals surface area contributed by atoms with E-state index in [-0.39, 0.29) is 23.7 Å². The molecule has 0 saturated carbocycles. The van der Waals surface area contributed by atoms with E-state index < -0.39 is 5.41 Å². The molecule has 2 N–H and O–H groups in total. The third-order valence-corrected chi connectivity index (χ3v) is 4.38. The van der Waals surface area contributed by atoms with Crippen molar-refractivity contribution in [2.24, 2.45) is 5.41 Å². The van der Waals surface area contributed by atoms with Crippen molar-refractivity contribution in [1.82, 2.24) is 10.6 Å². The molecule has 2 amide bonds. The van der Waals surface area contributed by atoms with Crippen LogP contribution in [0, 0.1) is 5.41 Å². The Hall–Kier alpha value is -1.56. The lowest BCUT2D eigenvalue weighted by atomic mass is 9.93. The Labute approximate surface area is 164 Å². The second-order valence-corrected chi connectivity index (χ2v) is 8.83. The minimum atomic E-state index is -0.591. The predicted molar refractivity (Wildman–Crippen MR) is 108 cm³/mol. The highest BCUT2D eigenvalue weighted by atomic mass is 16.6. The highest BCUT2D eigenvalue weighted by Crippen LogP contribution is 2.20. The number of rotatable bonds is 8. The second-order valence-electron chi connectivity index (χ2n) is 8.83. The Kier molecular flexibility index (Phi) is 9.84. The Morgan fingerprint density at radius 1 is 1.00 bits per heavy atom. The van der Waals surface area contributed by atoms with Crippen molar-refractivity contribution in [3.05, 3.63) is 12.2 Å². The van der Waals surface area contributed by atoms with Gasteiger partial charge in [-0.3, -0.25) is 4.79 Å². The van der Waals surface area contributed by atoms with E-state index in [9.17, 15) is 9.59 Å². The molecule has 0 aromatic heterocycles. The van der Waals surface area contributed by atoms with Crippen molar-refractivity contribution in [1.29, 1.82) is 0 Å². The molecule has 0 aromatic rings. The fourth-order valence-electron chi connectivity index (χ4n) is 2.62. The SMILES string of the molecule is CC(C)(C)OCC(C)(C)C(=O)NCCCNC(=O)OC1CC/C=C/CCC1. The van der Waals surface area contributed by atoms with Crippen molar-refractivity contribution in [3.63, 3.8) is 0 Å². The van der Waals surface area contributed by atoms with Gasteiger partial charge in [-0.1, -0.05) is 12.2 Å². The van der Waals surface area contributed by atoms with Crippen molar-refractivity contribution >= 4 is 12.0 Å². The molecule has 1 rings (SSSR count). The average molecular weight is 383 g/mol. The molecule has 0 aliphatic heterocycles. The van der Waals surface area contributed by atoms with E-state index >= 15 is 0 Å². The quantitative estimate of drug-likeness (QED) is 0.492. The number of nitrogens with one attached hydrogen (secondary N) is 2. The van der Waals surface area contributed by atoms with Crippen LogP contribution in [0.3, 0.4) is 0 Å². The second kappa shape index (κ2) is 11.3. The number of carbonyl (C=O) groups is 2. The third-order valence-electron chi connectivity index (χ3n) is 4.38. The van der Waals surface area contributed by atoms with Crippen LogP contribution in [0.5, 0.6) is 0 Å². The van der Waals surface area contributed by atoms with Gasteiger partial charge in [0.15, 0.2) is 0 Å². The normalized spacial score (nSPS) is 19.5. The first-order valence-electron chi connectivity index (χ1n) is 10.1. The van der Waals surface area contributed by atoms with Crippen LogP contribution in [-0.4, -0.2) is 43.4 Å². The van der Waals surface area contributed by atoms with Gasteiger partial charge in [0, 0.05) is 13.1 Å². The zero-order valence-electron chi connectivity index (χ0n) is 17.7. The van der Waals surface area contributed by atoms with Crippen molar-refractivity contribution in [2.75, 3.05) is 19.7 Å². The lowest BCUT2D eigenvalue weighted by Crippen LogP contribution is -2.42. The average Bonchev–Trinajstić information content (AvgIpc) is 2.54. The molecule has 1 atom stereocenters. The van der Waals surface area contributed by atoms with Gasteiger partial charge in [0.2, 0.25) is 5.91 Å². The fraction of sp³-hybridized carbons (Fsp3) is 0.810. The summed E-state index contributed by atoms with van der Waals surface area (Å²) in [6.07, 6.45) is 9.50. The maximum atomic E-state index is 12.3. The summed E-state index contributed by atoms with van der Waals surface area (Å²) >= 11 is 0. The molecule has 1 aliphatic rings. The van der Waals surface area contributed by atoms with Gasteiger partial charge in [-0.05, 0) is 73.1 Å². The van der Waals surface area contributed by atoms with E-state index in [0.717, 1.165) is 32.1 Å². The standard InChI is InChI=1S/C21H38N2O4/c1-20(2,3)26-16-21(4,5)18(24)22-14-11-15-23-19(25)27-17-12-9-7-6-8-10-13-17/h6-7,17H,8-16H2,1-5H3,(H,22,24)(H,23,25)/b7-6+. The molecule has 0 spiro atoms. The van der Waals surface area contributed by atoms with Gasteiger partial charge in [-0.2, -0.15) is 0 Å². The van der Waals surface area contributed by atoms with E-state index in [1.165, 1.54) is 0 Å². The van der Waals surface area contributed by atoms with Gasteiger partial charge in [0.05, 0.1) is 17.6 Å². The van der Waals surface area contributed by atoms with Gasteiger partial charge >= 0.3 is 6.09 Å². The molecule has 1 aliphatic carbocycles. The molecule has 0 aromatic carbocycles. The first kappa shape index (κ1) is 23.5. The van der Waals surface area contributed by atoms with Crippen molar-refractivity contribution in [2.45, 2.75) is 84.8 Å². The largest absolute Gasteiger partial charge is 0.446 e. The zero-order valence-corrected chi connectivity index (χ0v) is 17.7. The molecule has 0 radical (unpaired) electrons. The first-order chi connectivity index (χ1) is 12.6. The maximum Gasteiger partial charge on any atom is 0.407 e. The molecular weight excluding hydrogens is 344 g/mol. The van der Waals surface area contributed by atoms with Crippen LogP contribution in [0.15, 0.2) is 12.2 Å². The van der Waals surface area contributed by atoms with Crippen LogP contribution >= 0.6 is 0 Å². The molecule has 0 fully saturated rings. The molecule has 0 heterocycles. The monoisotopic (exact) mass is 382 g/mol. The Morgan fingerprint density at radius 3 is 2.37 bits per heavy atom. The molecule has 27 heavy (non-hydrogen) atoms. The minimum Gasteiger partial charge on any atom is -0.446 e. The maximum absolute atomic E-state index is 12.3. The van der Waals surface area contributed by atoms with Gasteiger partial charge < -0.3 is 20.1 Å². The highest BCUT2D eigenvalue weighted by molar-refractivity contribution is 5.81. The molecule has 1 unspecified atom stereocenters. The van der Waals surface area contributed by atoms with E-state index in [1.807, 2.05) is 34.6 Å². The van der Waals surface area contributed by atoms with Crippen LogP contribution in [0.2, 0.25) is 0 Å². The molecule has 0 saturated heterocycles. The number of carbonyl (C=O) groups excluding carboxylic acids is 2. The summed E-state index contributed by atoms with van der Waals surface area (Å²) < 4.78 is 11.2. The van der Waals surface area contributed by atoms with Crippen LogP contribution in [0.25, 0.3) is 0 Å². The lowest BCUT2D eigenvalue weighted by molar-refractivity contribution is -0.136. The molecule has 6 nitrogen and oxygen atoms in total. The summed E-state index contributed by atoms with van der Waals surface area (Å²) in [5, 5.41) is 5.68. The zero-order chi connectivity index (χ0) is 20.3. The Balaban J connectivity index is 2.17. The summed E-state index contributed by atoms with van der Waals surface area (Å²) in [5.74, 6) is -0.0445. The summed E-state index contributed by atoms with van der Waals surface area (Å²) in [4.78, 5) is 24.2. The number of hydrogen-bond donors (Lipinski definition) is 2. The Morgan fingerprint density at radius 2 is 1.67 bits per heavy atom. The minimum absolute atomic E-state index is 0.00160. The smallest absolute Gasteiger partial charge is 0.407 e. The topological polar surface area (TPSA) is 76.7 Å². The van der Waals surface area contributed by atoms with Gasteiger partial charge in [-0.15, -0.1) is 0 Å². The Bertz CT molecular complexity index is 495. The summed E-state index contributed by atoms with van der Waals surface area (Å²) in [5.41, 5.74) is -0.860. The van der Waals surface area contributed by atoms with Crippen molar-refractivity contribution in [3.8, 4) is 0 Å². The van der Waals surface area contributed by atoms with E-state index in [1.54, 1.807) is 0 Å². The van der Waals surface area contributed by atoms with E-state index in [4.69, 9.17) is 9.47 Å². The lowest BCUT2D eigenvalue weighted by Gasteiger charge is -2.28. The number of alkyl carbamates (subject to hydrolysis) is 1. The van der Waals surface area contributed by atoms with Crippen molar-refractivity contribution < 1.29 is 19.1 Å². The first-order valence-corrected chi connectivity index (χ1v) is 10.1. The van der Waals surface area contributed by atoms with E-state index in [2.05, 4.69) is 22.8 Å². The van der Waals surface area contributed by atoms with Gasteiger partial charge in [-0.25, -0.2) is 4.79 Å². The van der Waals surface area contributed by atoms with Crippen LogP contribution in [0.4, 0.5) is 4.79 Å². The summed E-state index contributed by atoms with van der Waals surface area (Å²) in [7, 11) is 0. The molecule has 6 heteroatoms. The van der Waals surface area contributed by atoms with Crippen LogP contribution in [0.1, 0.15) is 73.1 Å². The summed E-state index contributed by atoms with van der Waals surface area (Å²) in [6, 6.07) is 0. The van der Waals surface area contributed by atoms with Crippen LogP contribution in [-0.2, 0) is 14.3 Å². The molecule has 0 bridgehead atoms. The van der Waals surface area contributed by atoms with Gasteiger partial charge in [0.1, 0.15) is 6.10 Å². The molecular formula is C21H38N2O4. The highest BCUT2D eigenvalue weighted by Gasteiger charge is 2.29.